The molecule has 1 N–H and O–H groups in total. The molecule has 4 nitrogen and oxygen atoms in total. The molecule has 0 atom stereocenters. The summed E-state index contributed by atoms with van der Waals surface area (Å²) in [6.45, 7) is 4.36. The van der Waals surface area contributed by atoms with Crippen molar-refractivity contribution in [2.45, 2.75) is 6.54 Å². The monoisotopic (exact) mass is 299 g/mol. The first-order valence-corrected chi connectivity index (χ1v) is 7.26. The third-order valence-electron chi connectivity index (χ3n) is 3.13. The Morgan fingerprint density at radius 3 is 2.60 bits per heavy atom. The van der Waals surface area contributed by atoms with E-state index in [1.807, 2.05) is 12.1 Å². The normalized spacial score (nSPS) is 11.1. The van der Waals surface area contributed by atoms with E-state index in [4.69, 9.17) is 16.3 Å². The van der Waals surface area contributed by atoms with Crippen molar-refractivity contribution in [2.24, 2.45) is 0 Å². The molecule has 0 saturated carbocycles. The number of hydrogen-bond acceptors (Lipinski definition) is 4. The van der Waals surface area contributed by atoms with Crippen LogP contribution in [0.3, 0.4) is 0 Å². The molecule has 0 fully saturated rings. The van der Waals surface area contributed by atoms with Crippen molar-refractivity contribution in [1.82, 2.24) is 10.2 Å². The number of anilines is 1. The van der Waals surface area contributed by atoms with Gasteiger partial charge in [0.1, 0.15) is 0 Å². The zero-order chi connectivity index (χ0) is 15.0. The Balaban J connectivity index is 2.68. The van der Waals surface area contributed by atoms with E-state index in [2.05, 4.69) is 42.3 Å². The first kappa shape index (κ1) is 17.2. The van der Waals surface area contributed by atoms with E-state index in [9.17, 15) is 0 Å². The highest BCUT2D eigenvalue weighted by Gasteiger charge is 2.08. The minimum Gasteiger partial charge on any atom is -0.383 e. The van der Waals surface area contributed by atoms with Gasteiger partial charge in [0.2, 0.25) is 0 Å². The summed E-state index contributed by atoms with van der Waals surface area (Å²) >= 11 is 6.11. The molecule has 0 unspecified atom stereocenters. The van der Waals surface area contributed by atoms with Crippen molar-refractivity contribution in [3.05, 3.63) is 28.8 Å². The Morgan fingerprint density at radius 1 is 1.20 bits per heavy atom. The van der Waals surface area contributed by atoms with Gasteiger partial charge in [-0.3, -0.25) is 0 Å². The van der Waals surface area contributed by atoms with E-state index >= 15 is 0 Å². The van der Waals surface area contributed by atoms with Crippen LogP contribution < -0.4 is 10.2 Å². The number of rotatable bonds is 9. The van der Waals surface area contributed by atoms with E-state index in [-0.39, 0.29) is 0 Å². The lowest BCUT2D eigenvalue weighted by atomic mass is 10.1. The lowest BCUT2D eigenvalue weighted by Gasteiger charge is -2.24. The van der Waals surface area contributed by atoms with Gasteiger partial charge in [0.15, 0.2) is 0 Å². The number of benzene rings is 1. The summed E-state index contributed by atoms with van der Waals surface area (Å²) in [4.78, 5) is 4.45. The van der Waals surface area contributed by atoms with Crippen molar-refractivity contribution in [3.8, 4) is 0 Å². The van der Waals surface area contributed by atoms with E-state index < -0.39 is 0 Å². The maximum atomic E-state index is 6.11. The molecule has 0 aliphatic heterocycles. The second-order valence-corrected chi connectivity index (χ2v) is 5.60. The van der Waals surface area contributed by atoms with Crippen LogP contribution >= 0.6 is 11.6 Å². The van der Waals surface area contributed by atoms with E-state index in [1.54, 1.807) is 7.11 Å². The van der Waals surface area contributed by atoms with Crippen LogP contribution in [-0.2, 0) is 11.3 Å². The van der Waals surface area contributed by atoms with Gasteiger partial charge in [-0.15, -0.1) is 0 Å². The molecule has 0 saturated heterocycles. The van der Waals surface area contributed by atoms with Crippen LogP contribution in [0.2, 0.25) is 5.02 Å². The summed E-state index contributed by atoms with van der Waals surface area (Å²) in [5.41, 5.74) is 2.44. The summed E-state index contributed by atoms with van der Waals surface area (Å²) in [5.74, 6) is 0. The van der Waals surface area contributed by atoms with Crippen molar-refractivity contribution in [2.75, 3.05) is 59.4 Å². The average Bonchev–Trinajstić information content (AvgIpc) is 2.41. The fourth-order valence-electron chi connectivity index (χ4n) is 1.94. The molecule has 5 heteroatoms. The average molecular weight is 300 g/mol. The summed E-state index contributed by atoms with van der Waals surface area (Å²) < 4.78 is 5.04. The number of methoxy groups -OCH3 is 1. The highest BCUT2D eigenvalue weighted by Crippen LogP contribution is 2.23. The summed E-state index contributed by atoms with van der Waals surface area (Å²) in [7, 11) is 8.00. The lowest BCUT2D eigenvalue weighted by Crippen LogP contribution is -2.29. The predicted molar refractivity (Wildman–Crippen MR) is 86.9 cm³/mol. The highest BCUT2D eigenvalue weighted by molar-refractivity contribution is 6.30. The lowest BCUT2D eigenvalue weighted by molar-refractivity contribution is 0.199. The fraction of sp³-hybridized carbons (Fsp3) is 0.600. The number of halogens is 1. The van der Waals surface area contributed by atoms with Crippen LogP contribution in [-0.4, -0.2) is 59.4 Å². The van der Waals surface area contributed by atoms with Crippen LogP contribution in [0.4, 0.5) is 5.69 Å². The quantitative estimate of drug-likeness (QED) is 0.707. The van der Waals surface area contributed by atoms with Gasteiger partial charge in [0, 0.05) is 51.0 Å². The van der Waals surface area contributed by atoms with Crippen LogP contribution in [0.5, 0.6) is 0 Å². The van der Waals surface area contributed by atoms with Crippen LogP contribution in [0.25, 0.3) is 0 Å². The predicted octanol–water partition coefficient (Wildman–Crippen LogP) is 2.07. The number of likely N-dealkylation sites (N-methyl/N-ethyl adjacent to an activating group) is 2. The van der Waals surface area contributed by atoms with E-state index in [0.717, 1.165) is 31.2 Å². The first-order valence-electron chi connectivity index (χ1n) is 6.88. The molecule has 0 radical (unpaired) electrons. The Labute approximate surface area is 127 Å². The fourth-order valence-corrected chi connectivity index (χ4v) is 2.13. The van der Waals surface area contributed by atoms with Crippen molar-refractivity contribution in [3.63, 3.8) is 0 Å². The number of ether oxygens (including phenoxy) is 1. The molecule has 0 bridgehead atoms. The zero-order valence-electron chi connectivity index (χ0n) is 12.9. The largest absolute Gasteiger partial charge is 0.383 e. The minimum atomic E-state index is 0.715. The standard InChI is InChI=1S/C15H26ClN3O/c1-18(2)8-9-19(3)15-6-5-14(16)11-13(15)12-17-7-10-20-4/h5-6,11,17H,7-10,12H2,1-4H3. The molecule has 0 aliphatic rings. The zero-order valence-corrected chi connectivity index (χ0v) is 13.7. The molecular weight excluding hydrogens is 274 g/mol. The van der Waals surface area contributed by atoms with Crippen LogP contribution in [0, 0.1) is 0 Å². The summed E-state index contributed by atoms with van der Waals surface area (Å²) in [6, 6.07) is 6.07. The van der Waals surface area contributed by atoms with Crippen LogP contribution in [0.15, 0.2) is 18.2 Å². The number of nitrogens with one attached hydrogen (secondary N) is 1. The Hall–Kier alpha value is -0.810. The van der Waals surface area contributed by atoms with Gasteiger partial charge < -0.3 is 19.9 Å². The van der Waals surface area contributed by atoms with Gasteiger partial charge in [-0.25, -0.2) is 0 Å². The van der Waals surface area contributed by atoms with Gasteiger partial charge >= 0.3 is 0 Å². The van der Waals surface area contributed by atoms with Crippen molar-refractivity contribution < 1.29 is 4.74 Å². The summed E-state index contributed by atoms with van der Waals surface area (Å²) in [5, 5.41) is 4.15. The van der Waals surface area contributed by atoms with Crippen molar-refractivity contribution in [1.29, 1.82) is 0 Å². The Bertz CT molecular complexity index is 399. The summed E-state index contributed by atoms with van der Waals surface area (Å²) in [6.07, 6.45) is 0. The molecule has 0 amide bonds. The Kier molecular flexibility index (Phi) is 7.92. The van der Waals surface area contributed by atoms with Gasteiger partial charge in [-0.1, -0.05) is 11.6 Å². The second-order valence-electron chi connectivity index (χ2n) is 5.17. The Morgan fingerprint density at radius 2 is 1.95 bits per heavy atom. The van der Waals surface area contributed by atoms with Crippen LogP contribution in [0.1, 0.15) is 5.56 Å². The van der Waals surface area contributed by atoms with Gasteiger partial charge in [-0.05, 0) is 37.9 Å². The minimum absolute atomic E-state index is 0.715. The molecule has 1 aromatic carbocycles. The first-order chi connectivity index (χ1) is 9.54. The highest BCUT2D eigenvalue weighted by atomic mass is 35.5. The van der Waals surface area contributed by atoms with E-state index in [1.165, 1.54) is 11.3 Å². The van der Waals surface area contributed by atoms with Gasteiger partial charge in [-0.2, -0.15) is 0 Å². The molecule has 0 heterocycles. The van der Waals surface area contributed by atoms with E-state index in [0.29, 0.717) is 6.61 Å². The molecule has 114 valence electrons. The molecule has 1 aromatic rings. The molecule has 0 spiro atoms. The number of nitrogens with zero attached hydrogens (tertiary/aromatic N) is 2. The number of hydrogen-bond donors (Lipinski definition) is 1. The topological polar surface area (TPSA) is 27.7 Å². The maximum Gasteiger partial charge on any atom is 0.0587 e. The molecule has 0 aromatic heterocycles. The van der Waals surface area contributed by atoms with Crippen molar-refractivity contribution >= 4 is 17.3 Å². The third kappa shape index (κ3) is 6.09. The molecule has 0 aliphatic carbocycles. The second kappa shape index (κ2) is 9.19. The SMILES string of the molecule is COCCNCc1cc(Cl)ccc1N(C)CCN(C)C. The van der Waals surface area contributed by atoms with Gasteiger partial charge in [0.05, 0.1) is 6.61 Å². The molecule has 1 rings (SSSR count). The third-order valence-corrected chi connectivity index (χ3v) is 3.37. The maximum absolute atomic E-state index is 6.11. The smallest absolute Gasteiger partial charge is 0.0587 e. The molecule has 20 heavy (non-hydrogen) atoms. The van der Waals surface area contributed by atoms with Gasteiger partial charge in [0.25, 0.3) is 0 Å². The molecular formula is C15H26ClN3O.